The fourth-order valence-electron chi connectivity index (χ4n) is 3.01. The molecular weight excluding hydrogens is 330 g/mol. The number of carbonyl (C=O) groups is 2. The Balaban J connectivity index is 1.60. The van der Waals surface area contributed by atoms with E-state index in [-0.39, 0.29) is 11.9 Å². The van der Waals surface area contributed by atoms with Gasteiger partial charge in [-0.25, -0.2) is 9.78 Å². The fourth-order valence-corrected chi connectivity index (χ4v) is 3.01. The van der Waals surface area contributed by atoms with E-state index in [1.54, 1.807) is 13.0 Å². The molecule has 0 saturated carbocycles. The number of piperazine rings is 1. The van der Waals surface area contributed by atoms with Gasteiger partial charge in [0.05, 0.1) is 12.2 Å². The van der Waals surface area contributed by atoms with Gasteiger partial charge in [-0.2, -0.15) is 0 Å². The van der Waals surface area contributed by atoms with E-state index in [9.17, 15) is 9.59 Å². The summed E-state index contributed by atoms with van der Waals surface area (Å²) in [4.78, 5) is 32.7. The molecule has 136 valence electrons. The van der Waals surface area contributed by atoms with Gasteiger partial charge in [0.15, 0.2) is 0 Å². The molecule has 3 rings (SSSR count). The van der Waals surface area contributed by atoms with E-state index >= 15 is 0 Å². The largest absolute Gasteiger partial charge is 0.462 e. The topological polar surface area (TPSA) is 62.7 Å². The van der Waals surface area contributed by atoms with E-state index in [0.717, 1.165) is 16.9 Å². The highest BCUT2D eigenvalue weighted by atomic mass is 16.5. The predicted molar refractivity (Wildman–Crippen MR) is 99.5 cm³/mol. The third kappa shape index (κ3) is 4.02. The second-order valence-corrected chi connectivity index (χ2v) is 6.27. The van der Waals surface area contributed by atoms with E-state index in [1.807, 2.05) is 42.2 Å². The second kappa shape index (κ2) is 7.99. The summed E-state index contributed by atoms with van der Waals surface area (Å²) in [7, 11) is 0. The summed E-state index contributed by atoms with van der Waals surface area (Å²) in [5.74, 6) is 0.514. The van der Waals surface area contributed by atoms with Gasteiger partial charge >= 0.3 is 5.97 Å². The zero-order chi connectivity index (χ0) is 18.5. The SMILES string of the molecule is CCOC(=O)c1ccc(N2CCN(C(=O)c3cccc(C)c3)CC2)nc1. The molecule has 1 amide bonds. The summed E-state index contributed by atoms with van der Waals surface area (Å²) >= 11 is 0. The lowest BCUT2D eigenvalue weighted by atomic mass is 10.1. The molecule has 1 aliphatic heterocycles. The van der Waals surface area contributed by atoms with Crippen molar-refractivity contribution >= 4 is 17.7 Å². The number of nitrogens with zero attached hydrogens (tertiary/aromatic N) is 3. The lowest BCUT2D eigenvalue weighted by Gasteiger charge is -2.35. The number of hydrogen-bond acceptors (Lipinski definition) is 5. The van der Waals surface area contributed by atoms with E-state index in [1.165, 1.54) is 6.20 Å². The molecule has 1 saturated heterocycles. The predicted octanol–water partition coefficient (Wildman–Crippen LogP) is 2.53. The maximum atomic E-state index is 12.6. The monoisotopic (exact) mass is 353 g/mol. The number of amides is 1. The van der Waals surface area contributed by atoms with Crippen molar-refractivity contribution in [1.82, 2.24) is 9.88 Å². The van der Waals surface area contributed by atoms with Crippen LogP contribution in [0.1, 0.15) is 33.2 Å². The van der Waals surface area contributed by atoms with E-state index < -0.39 is 0 Å². The van der Waals surface area contributed by atoms with E-state index in [4.69, 9.17) is 4.74 Å². The molecule has 0 atom stereocenters. The zero-order valence-electron chi connectivity index (χ0n) is 15.1. The average molecular weight is 353 g/mol. The molecule has 1 aromatic carbocycles. The molecule has 2 aromatic rings. The first-order chi connectivity index (χ1) is 12.6. The van der Waals surface area contributed by atoms with Gasteiger partial charge in [0.2, 0.25) is 0 Å². The highest BCUT2D eigenvalue weighted by Gasteiger charge is 2.23. The van der Waals surface area contributed by atoms with Crippen LogP contribution in [0.5, 0.6) is 0 Å². The summed E-state index contributed by atoms with van der Waals surface area (Å²) in [6, 6.07) is 11.2. The van der Waals surface area contributed by atoms with Crippen molar-refractivity contribution < 1.29 is 14.3 Å². The number of hydrogen-bond donors (Lipinski definition) is 0. The molecule has 0 bridgehead atoms. The van der Waals surface area contributed by atoms with Crippen LogP contribution in [0, 0.1) is 6.92 Å². The highest BCUT2D eigenvalue weighted by Crippen LogP contribution is 2.16. The van der Waals surface area contributed by atoms with Gasteiger partial charge in [0, 0.05) is 37.9 Å². The Morgan fingerprint density at radius 1 is 1.08 bits per heavy atom. The Kier molecular flexibility index (Phi) is 5.51. The lowest BCUT2D eigenvalue weighted by Crippen LogP contribution is -2.49. The molecule has 2 heterocycles. The van der Waals surface area contributed by atoms with Crippen molar-refractivity contribution in [2.75, 3.05) is 37.7 Å². The Morgan fingerprint density at radius 2 is 1.85 bits per heavy atom. The summed E-state index contributed by atoms with van der Waals surface area (Å²) in [5, 5.41) is 0. The molecule has 0 N–H and O–H groups in total. The minimum Gasteiger partial charge on any atom is -0.462 e. The minimum atomic E-state index is -0.361. The maximum absolute atomic E-state index is 12.6. The molecule has 26 heavy (non-hydrogen) atoms. The van der Waals surface area contributed by atoms with Crippen LogP contribution in [0.15, 0.2) is 42.6 Å². The number of ether oxygens (including phenoxy) is 1. The van der Waals surface area contributed by atoms with Crippen molar-refractivity contribution in [2.24, 2.45) is 0 Å². The third-order valence-electron chi connectivity index (χ3n) is 4.41. The minimum absolute atomic E-state index is 0.0685. The van der Waals surface area contributed by atoms with Gasteiger partial charge in [-0.3, -0.25) is 4.79 Å². The van der Waals surface area contributed by atoms with Crippen molar-refractivity contribution in [3.63, 3.8) is 0 Å². The Labute approximate surface area is 153 Å². The first-order valence-corrected chi connectivity index (χ1v) is 8.82. The van der Waals surface area contributed by atoms with Crippen LogP contribution in [-0.2, 0) is 4.74 Å². The number of aromatic nitrogens is 1. The van der Waals surface area contributed by atoms with E-state index in [0.29, 0.717) is 38.3 Å². The second-order valence-electron chi connectivity index (χ2n) is 6.27. The molecule has 0 aliphatic carbocycles. The number of benzene rings is 1. The van der Waals surface area contributed by atoms with Gasteiger partial charge in [0.1, 0.15) is 5.82 Å². The number of aryl methyl sites for hydroxylation is 1. The molecule has 1 fully saturated rings. The van der Waals surface area contributed by atoms with Crippen LogP contribution in [0.2, 0.25) is 0 Å². The first-order valence-electron chi connectivity index (χ1n) is 8.82. The quantitative estimate of drug-likeness (QED) is 0.791. The number of pyridine rings is 1. The maximum Gasteiger partial charge on any atom is 0.339 e. The van der Waals surface area contributed by atoms with Crippen LogP contribution >= 0.6 is 0 Å². The Hall–Kier alpha value is -2.89. The van der Waals surface area contributed by atoms with Crippen LogP contribution < -0.4 is 4.90 Å². The summed E-state index contributed by atoms with van der Waals surface area (Å²) in [6.45, 7) is 6.82. The van der Waals surface area contributed by atoms with Crippen molar-refractivity contribution in [1.29, 1.82) is 0 Å². The third-order valence-corrected chi connectivity index (χ3v) is 4.41. The average Bonchev–Trinajstić information content (AvgIpc) is 2.68. The summed E-state index contributed by atoms with van der Waals surface area (Å²) in [6.07, 6.45) is 1.54. The first kappa shape index (κ1) is 17.9. The fraction of sp³-hybridized carbons (Fsp3) is 0.350. The molecular formula is C20H23N3O3. The molecule has 0 unspecified atom stereocenters. The number of rotatable bonds is 4. The number of carbonyl (C=O) groups excluding carboxylic acids is 2. The zero-order valence-corrected chi connectivity index (χ0v) is 15.1. The van der Waals surface area contributed by atoms with Gasteiger partial charge < -0.3 is 14.5 Å². The Morgan fingerprint density at radius 3 is 2.46 bits per heavy atom. The van der Waals surface area contributed by atoms with Gasteiger partial charge in [0.25, 0.3) is 5.91 Å². The van der Waals surface area contributed by atoms with Crippen LogP contribution in [-0.4, -0.2) is 54.5 Å². The molecule has 6 nitrogen and oxygen atoms in total. The molecule has 1 aromatic heterocycles. The summed E-state index contributed by atoms with van der Waals surface area (Å²) < 4.78 is 4.97. The highest BCUT2D eigenvalue weighted by molar-refractivity contribution is 5.94. The standard InChI is InChI=1S/C20H23N3O3/c1-3-26-20(25)17-7-8-18(21-14-17)22-9-11-23(12-10-22)19(24)16-6-4-5-15(2)13-16/h4-8,13-14H,3,9-12H2,1-2H3. The van der Waals surface area contributed by atoms with Crippen LogP contribution in [0.25, 0.3) is 0 Å². The lowest BCUT2D eigenvalue weighted by molar-refractivity contribution is 0.0525. The smallest absolute Gasteiger partial charge is 0.339 e. The summed E-state index contributed by atoms with van der Waals surface area (Å²) in [5.41, 5.74) is 2.26. The van der Waals surface area contributed by atoms with Gasteiger partial charge in [-0.15, -0.1) is 0 Å². The van der Waals surface area contributed by atoms with Gasteiger partial charge in [-0.1, -0.05) is 17.7 Å². The molecule has 1 aliphatic rings. The molecule has 6 heteroatoms. The van der Waals surface area contributed by atoms with Crippen molar-refractivity contribution in [3.05, 3.63) is 59.3 Å². The molecule has 0 spiro atoms. The number of anilines is 1. The van der Waals surface area contributed by atoms with Crippen molar-refractivity contribution in [3.8, 4) is 0 Å². The van der Waals surface area contributed by atoms with Crippen LogP contribution in [0.3, 0.4) is 0 Å². The van der Waals surface area contributed by atoms with Crippen LogP contribution in [0.4, 0.5) is 5.82 Å². The Bertz CT molecular complexity index is 781. The molecule has 0 radical (unpaired) electrons. The normalized spacial score (nSPS) is 14.2. The van der Waals surface area contributed by atoms with Gasteiger partial charge in [-0.05, 0) is 38.1 Å². The van der Waals surface area contributed by atoms with Crippen molar-refractivity contribution in [2.45, 2.75) is 13.8 Å². The number of esters is 1. The van der Waals surface area contributed by atoms with E-state index in [2.05, 4.69) is 9.88 Å².